The van der Waals surface area contributed by atoms with E-state index in [1.807, 2.05) is 31.2 Å². The summed E-state index contributed by atoms with van der Waals surface area (Å²) in [6.07, 6.45) is 0. The number of anilines is 2. The molecule has 2 amide bonds. The van der Waals surface area contributed by atoms with E-state index in [0.717, 1.165) is 10.9 Å². The van der Waals surface area contributed by atoms with Gasteiger partial charge in [0.05, 0.1) is 5.02 Å². The molecule has 172 valence electrons. The van der Waals surface area contributed by atoms with Crippen molar-refractivity contribution < 1.29 is 18.7 Å². The van der Waals surface area contributed by atoms with E-state index in [1.54, 1.807) is 48.5 Å². The van der Waals surface area contributed by atoms with Gasteiger partial charge in [-0.3, -0.25) is 14.9 Å². The number of thiocarbonyl (C=S) groups is 1. The number of hydrogen-bond acceptors (Lipinski definition) is 5. The fourth-order valence-electron chi connectivity index (χ4n) is 3.19. The lowest BCUT2D eigenvalue weighted by molar-refractivity contribution is -0.121. The van der Waals surface area contributed by atoms with Gasteiger partial charge in [-0.2, -0.15) is 0 Å². The number of amides is 2. The summed E-state index contributed by atoms with van der Waals surface area (Å²) < 4.78 is 11.0. The highest BCUT2D eigenvalue weighted by molar-refractivity contribution is 7.80. The lowest BCUT2D eigenvalue weighted by Gasteiger charge is -2.13. The maximum atomic E-state index is 12.6. The number of rotatable bonds is 6. The van der Waals surface area contributed by atoms with Crippen LogP contribution >= 0.6 is 23.8 Å². The molecule has 0 aliphatic heterocycles. The van der Waals surface area contributed by atoms with Crippen molar-refractivity contribution in [1.29, 1.82) is 0 Å². The highest BCUT2D eigenvalue weighted by Gasteiger charge is 2.14. The van der Waals surface area contributed by atoms with Crippen LogP contribution in [0.15, 0.2) is 77.2 Å². The second kappa shape index (κ2) is 10.4. The summed E-state index contributed by atoms with van der Waals surface area (Å²) in [4.78, 5) is 24.7. The number of carbonyl (C=O) groups excluding carboxylic acids is 2. The molecular weight excluding hydrogens is 474 g/mol. The Morgan fingerprint density at radius 2 is 1.76 bits per heavy atom. The monoisotopic (exact) mass is 493 g/mol. The van der Waals surface area contributed by atoms with E-state index in [9.17, 15) is 9.59 Å². The molecular formula is C25H20ClN3O4S. The van der Waals surface area contributed by atoms with Crippen molar-refractivity contribution in [3.63, 3.8) is 0 Å². The van der Waals surface area contributed by atoms with Crippen molar-refractivity contribution in [2.45, 2.75) is 6.92 Å². The number of furan rings is 1. The van der Waals surface area contributed by atoms with Crippen LogP contribution < -0.4 is 20.7 Å². The van der Waals surface area contributed by atoms with E-state index in [4.69, 9.17) is 33.0 Å². The Labute approximate surface area is 206 Å². The maximum Gasteiger partial charge on any atom is 0.291 e. The fourth-order valence-corrected chi connectivity index (χ4v) is 3.61. The minimum absolute atomic E-state index is 0.117. The smallest absolute Gasteiger partial charge is 0.291 e. The van der Waals surface area contributed by atoms with E-state index >= 15 is 0 Å². The molecule has 0 spiro atoms. The SMILES string of the molecule is Cc1cc(NC(=S)NC(=O)COc2ccccc2Cl)ccc1NC(=O)c1cc2ccccc2o1. The zero-order chi connectivity index (χ0) is 24.1. The lowest BCUT2D eigenvalue weighted by atomic mass is 10.1. The Hall–Kier alpha value is -3.88. The first kappa shape index (κ1) is 23.3. The summed E-state index contributed by atoms with van der Waals surface area (Å²) in [5, 5.41) is 9.73. The second-order valence-corrected chi connectivity index (χ2v) is 8.17. The molecule has 4 aromatic rings. The molecule has 0 saturated carbocycles. The molecule has 0 saturated heterocycles. The first-order valence-electron chi connectivity index (χ1n) is 10.3. The third kappa shape index (κ3) is 5.72. The van der Waals surface area contributed by atoms with Crippen LogP contribution in [0.5, 0.6) is 5.75 Å². The van der Waals surface area contributed by atoms with Crippen molar-refractivity contribution in [3.05, 3.63) is 89.1 Å². The lowest BCUT2D eigenvalue weighted by Crippen LogP contribution is -2.37. The summed E-state index contributed by atoms with van der Waals surface area (Å²) in [6.45, 7) is 1.61. The van der Waals surface area contributed by atoms with Crippen LogP contribution in [0.3, 0.4) is 0 Å². The first-order valence-corrected chi connectivity index (χ1v) is 11.1. The molecule has 0 unspecified atom stereocenters. The van der Waals surface area contributed by atoms with Crippen LogP contribution in [0.1, 0.15) is 16.1 Å². The minimum Gasteiger partial charge on any atom is -0.482 e. The van der Waals surface area contributed by atoms with Gasteiger partial charge in [0, 0.05) is 16.8 Å². The van der Waals surface area contributed by atoms with E-state index < -0.39 is 5.91 Å². The molecule has 1 heterocycles. The van der Waals surface area contributed by atoms with Crippen LogP contribution in [0, 0.1) is 6.92 Å². The summed E-state index contributed by atoms with van der Waals surface area (Å²) in [6, 6.07) is 21.3. The Morgan fingerprint density at radius 1 is 1.00 bits per heavy atom. The third-order valence-electron chi connectivity index (χ3n) is 4.83. The number of carbonyl (C=O) groups is 2. The van der Waals surface area contributed by atoms with Crippen LogP contribution in [-0.2, 0) is 4.79 Å². The highest BCUT2D eigenvalue weighted by Crippen LogP contribution is 2.24. The number of benzene rings is 3. The molecule has 0 fully saturated rings. The van der Waals surface area contributed by atoms with Crippen molar-refractivity contribution in [2.75, 3.05) is 17.2 Å². The maximum absolute atomic E-state index is 12.6. The summed E-state index contributed by atoms with van der Waals surface area (Å²) >= 11 is 11.2. The number of ether oxygens (including phenoxy) is 1. The van der Waals surface area contributed by atoms with E-state index in [2.05, 4.69) is 16.0 Å². The van der Waals surface area contributed by atoms with Crippen LogP contribution in [0.4, 0.5) is 11.4 Å². The Balaban J connectivity index is 1.31. The minimum atomic E-state index is -0.427. The Morgan fingerprint density at radius 3 is 2.53 bits per heavy atom. The van der Waals surface area contributed by atoms with E-state index in [-0.39, 0.29) is 23.4 Å². The molecule has 0 aliphatic carbocycles. The normalized spacial score (nSPS) is 10.5. The average Bonchev–Trinajstić information content (AvgIpc) is 3.25. The third-order valence-corrected chi connectivity index (χ3v) is 5.35. The van der Waals surface area contributed by atoms with Gasteiger partial charge in [-0.25, -0.2) is 0 Å². The topological polar surface area (TPSA) is 92.6 Å². The Kier molecular flexibility index (Phi) is 7.10. The van der Waals surface area contributed by atoms with Crippen molar-refractivity contribution in [3.8, 4) is 5.75 Å². The number of hydrogen-bond donors (Lipinski definition) is 3. The summed E-state index contributed by atoms with van der Waals surface area (Å²) in [5.41, 5.74) is 2.72. The zero-order valence-corrected chi connectivity index (χ0v) is 19.6. The standard InChI is InChI=1S/C25H20ClN3O4S/c1-15-12-17(27-25(34)29-23(30)14-32-21-9-5-3-7-18(21)26)10-11-19(15)28-24(31)22-13-16-6-2-4-8-20(16)33-22/h2-13H,14H2,1H3,(H,28,31)(H2,27,29,30,34). The van der Waals surface area contributed by atoms with Crippen molar-refractivity contribution >= 4 is 63.1 Å². The van der Waals surface area contributed by atoms with Crippen LogP contribution in [0.25, 0.3) is 11.0 Å². The molecule has 4 rings (SSSR count). The van der Waals surface area contributed by atoms with E-state index in [1.165, 1.54) is 0 Å². The Bertz CT molecular complexity index is 1350. The van der Waals surface area contributed by atoms with Gasteiger partial charge >= 0.3 is 0 Å². The molecule has 0 aliphatic rings. The highest BCUT2D eigenvalue weighted by atomic mass is 35.5. The van der Waals surface area contributed by atoms with Gasteiger partial charge in [0.2, 0.25) is 0 Å². The molecule has 1 aromatic heterocycles. The van der Waals surface area contributed by atoms with Gasteiger partial charge in [0.15, 0.2) is 17.5 Å². The van der Waals surface area contributed by atoms with Gasteiger partial charge < -0.3 is 19.8 Å². The van der Waals surface area contributed by atoms with Gasteiger partial charge in [-0.05, 0) is 67.2 Å². The molecule has 9 heteroatoms. The number of fused-ring (bicyclic) bond motifs is 1. The van der Waals surface area contributed by atoms with Gasteiger partial charge in [0.25, 0.3) is 11.8 Å². The largest absolute Gasteiger partial charge is 0.482 e. The molecule has 34 heavy (non-hydrogen) atoms. The quantitative estimate of drug-likeness (QED) is 0.305. The zero-order valence-electron chi connectivity index (χ0n) is 18.1. The predicted octanol–water partition coefficient (Wildman–Crippen LogP) is 5.54. The van der Waals surface area contributed by atoms with Gasteiger partial charge in [0.1, 0.15) is 11.3 Å². The van der Waals surface area contributed by atoms with Gasteiger partial charge in [-0.15, -0.1) is 0 Å². The van der Waals surface area contributed by atoms with Gasteiger partial charge in [-0.1, -0.05) is 41.9 Å². The van der Waals surface area contributed by atoms with E-state index in [0.29, 0.717) is 27.7 Å². The van der Waals surface area contributed by atoms with Crippen molar-refractivity contribution in [2.24, 2.45) is 0 Å². The number of nitrogens with one attached hydrogen (secondary N) is 3. The second-order valence-electron chi connectivity index (χ2n) is 7.35. The molecule has 0 bridgehead atoms. The number of aryl methyl sites for hydroxylation is 1. The predicted molar refractivity (Wildman–Crippen MR) is 137 cm³/mol. The average molecular weight is 494 g/mol. The fraction of sp³-hybridized carbons (Fsp3) is 0.0800. The first-order chi connectivity index (χ1) is 16.4. The van der Waals surface area contributed by atoms with Crippen molar-refractivity contribution in [1.82, 2.24) is 5.32 Å². The van der Waals surface area contributed by atoms with Crippen LogP contribution in [-0.4, -0.2) is 23.5 Å². The molecule has 3 N–H and O–H groups in total. The molecule has 0 atom stereocenters. The van der Waals surface area contributed by atoms with Crippen LogP contribution in [0.2, 0.25) is 5.02 Å². The number of halogens is 1. The molecule has 0 radical (unpaired) electrons. The summed E-state index contributed by atoms with van der Waals surface area (Å²) in [5.74, 6) is -0.134. The summed E-state index contributed by atoms with van der Waals surface area (Å²) in [7, 11) is 0. The number of para-hydroxylation sites is 2. The molecule has 7 nitrogen and oxygen atoms in total. The molecule has 3 aromatic carbocycles.